The van der Waals surface area contributed by atoms with Gasteiger partial charge in [0.1, 0.15) is 11.6 Å². The molecule has 3 rings (SSSR count). The van der Waals surface area contributed by atoms with Crippen LogP contribution in [-0.2, 0) is 11.2 Å². The standard InChI is InChI=1S/C16H14ClN3O2S/c1-10-12(19-16(22-10)13-4-3-7-23-13)8-15(21)20(2)14-6-5-11(17)9-18-14/h3-7,9H,8H2,1-2H3. The van der Waals surface area contributed by atoms with Crippen LogP contribution in [0.3, 0.4) is 0 Å². The van der Waals surface area contributed by atoms with Gasteiger partial charge >= 0.3 is 0 Å². The van der Waals surface area contributed by atoms with E-state index in [2.05, 4.69) is 9.97 Å². The van der Waals surface area contributed by atoms with Gasteiger partial charge in [-0.3, -0.25) is 9.69 Å². The molecule has 0 saturated carbocycles. The molecule has 118 valence electrons. The monoisotopic (exact) mass is 347 g/mol. The molecule has 3 heterocycles. The van der Waals surface area contributed by atoms with Gasteiger partial charge in [-0.15, -0.1) is 11.3 Å². The number of amides is 1. The molecule has 0 fully saturated rings. The first-order valence-corrected chi connectivity index (χ1v) is 8.18. The number of carbonyl (C=O) groups excluding carboxylic acids is 1. The van der Waals surface area contributed by atoms with E-state index in [9.17, 15) is 4.79 Å². The molecule has 0 aliphatic rings. The molecule has 0 aromatic carbocycles. The number of nitrogens with zero attached hydrogens (tertiary/aromatic N) is 3. The van der Waals surface area contributed by atoms with E-state index in [1.807, 2.05) is 24.4 Å². The molecule has 5 nitrogen and oxygen atoms in total. The second-order valence-corrected chi connectivity index (χ2v) is 6.35. The normalized spacial score (nSPS) is 10.7. The molecule has 0 radical (unpaired) electrons. The molecular formula is C16H14ClN3O2S. The molecule has 0 bridgehead atoms. The van der Waals surface area contributed by atoms with Crippen molar-refractivity contribution in [3.63, 3.8) is 0 Å². The molecule has 0 atom stereocenters. The van der Waals surface area contributed by atoms with E-state index in [-0.39, 0.29) is 12.3 Å². The summed E-state index contributed by atoms with van der Waals surface area (Å²) in [6, 6.07) is 7.27. The number of pyridine rings is 1. The van der Waals surface area contributed by atoms with Gasteiger partial charge in [0.05, 0.1) is 22.0 Å². The van der Waals surface area contributed by atoms with Crippen LogP contribution >= 0.6 is 22.9 Å². The fourth-order valence-electron chi connectivity index (χ4n) is 2.05. The number of hydrogen-bond acceptors (Lipinski definition) is 5. The van der Waals surface area contributed by atoms with Gasteiger partial charge in [0.2, 0.25) is 11.8 Å². The lowest BCUT2D eigenvalue weighted by Crippen LogP contribution is -2.28. The van der Waals surface area contributed by atoms with Gasteiger partial charge in [-0.1, -0.05) is 17.7 Å². The fourth-order valence-corrected chi connectivity index (χ4v) is 2.81. The number of aryl methyl sites for hydroxylation is 1. The van der Waals surface area contributed by atoms with Crippen LogP contribution in [0.2, 0.25) is 5.02 Å². The zero-order chi connectivity index (χ0) is 16.4. The van der Waals surface area contributed by atoms with Gasteiger partial charge in [0.15, 0.2) is 0 Å². The zero-order valence-electron chi connectivity index (χ0n) is 12.6. The summed E-state index contributed by atoms with van der Waals surface area (Å²) in [6.07, 6.45) is 1.67. The number of thiophene rings is 1. The van der Waals surface area contributed by atoms with E-state index in [0.717, 1.165) is 4.88 Å². The van der Waals surface area contributed by atoms with Gasteiger partial charge in [0.25, 0.3) is 0 Å². The minimum Gasteiger partial charge on any atom is -0.440 e. The number of rotatable bonds is 4. The second kappa shape index (κ2) is 6.52. The summed E-state index contributed by atoms with van der Waals surface area (Å²) < 4.78 is 5.66. The first-order chi connectivity index (χ1) is 11.0. The van der Waals surface area contributed by atoms with Crippen molar-refractivity contribution >= 4 is 34.7 Å². The third-order valence-corrected chi connectivity index (χ3v) is 4.45. The van der Waals surface area contributed by atoms with Crippen molar-refractivity contribution in [2.24, 2.45) is 0 Å². The van der Waals surface area contributed by atoms with Gasteiger partial charge < -0.3 is 4.42 Å². The van der Waals surface area contributed by atoms with Gasteiger partial charge in [-0.05, 0) is 30.5 Å². The van der Waals surface area contributed by atoms with Gasteiger partial charge in [-0.25, -0.2) is 9.97 Å². The average molecular weight is 348 g/mol. The predicted octanol–water partition coefficient (Wildman–Crippen LogP) is 3.97. The van der Waals surface area contributed by atoms with Crippen LogP contribution in [-0.4, -0.2) is 22.9 Å². The minimum atomic E-state index is -0.117. The first-order valence-electron chi connectivity index (χ1n) is 6.93. The summed E-state index contributed by atoms with van der Waals surface area (Å²) in [4.78, 5) is 23.4. The molecule has 7 heteroatoms. The van der Waals surface area contributed by atoms with Crippen molar-refractivity contribution in [2.75, 3.05) is 11.9 Å². The highest BCUT2D eigenvalue weighted by Gasteiger charge is 2.18. The zero-order valence-corrected chi connectivity index (χ0v) is 14.2. The molecule has 1 amide bonds. The maximum atomic E-state index is 12.4. The number of carbonyl (C=O) groups is 1. The summed E-state index contributed by atoms with van der Waals surface area (Å²) in [5, 5.41) is 2.49. The highest BCUT2D eigenvalue weighted by Crippen LogP contribution is 2.26. The lowest BCUT2D eigenvalue weighted by molar-refractivity contribution is -0.117. The maximum absolute atomic E-state index is 12.4. The summed E-state index contributed by atoms with van der Waals surface area (Å²) >= 11 is 7.36. The summed E-state index contributed by atoms with van der Waals surface area (Å²) in [6.45, 7) is 1.81. The van der Waals surface area contributed by atoms with E-state index >= 15 is 0 Å². The van der Waals surface area contributed by atoms with Crippen LogP contribution in [0.5, 0.6) is 0 Å². The minimum absolute atomic E-state index is 0.117. The topological polar surface area (TPSA) is 59.2 Å². The molecule has 3 aromatic heterocycles. The molecule has 0 saturated heterocycles. The van der Waals surface area contributed by atoms with Crippen molar-refractivity contribution in [3.05, 3.63) is 52.3 Å². The molecule has 0 unspecified atom stereocenters. The van der Waals surface area contributed by atoms with E-state index in [1.165, 1.54) is 11.1 Å². The molecule has 3 aromatic rings. The van der Waals surface area contributed by atoms with E-state index in [1.54, 1.807) is 30.5 Å². The molecule has 0 aliphatic heterocycles. The SMILES string of the molecule is Cc1oc(-c2cccs2)nc1CC(=O)N(C)c1ccc(Cl)cn1. The molecule has 0 spiro atoms. The van der Waals surface area contributed by atoms with Gasteiger partial charge in [-0.2, -0.15) is 0 Å². The number of hydrogen-bond donors (Lipinski definition) is 0. The Hall–Kier alpha value is -2.18. The molecule has 23 heavy (non-hydrogen) atoms. The van der Waals surface area contributed by atoms with E-state index < -0.39 is 0 Å². The van der Waals surface area contributed by atoms with Crippen LogP contribution in [0.1, 0.15) is 11.5 Å². The number of aromatic nitrogens is 2. The Morgan fingerprint density at radius 3 is 2.87 bits per heavy atom. The van der Waals surface area contributed by atoms with Crippen molar-refractivity contribution in [1.29, 1.82) is 0 Å². The van der Waals surface area contributed by atoms with E-state index in [0.29, 0.717) is 28.2 Å². The van der Waals surface area contributed by atoms with Crippen molar-refractivity contribution in [3.8, 4) is 10.8 Å². The van der Waals surface area contributed by atoms with Crippen LogP contribution < -0.4 is 4.90 Å². The number of anilines is 1. The van der Waals surface area contributed by atoms with Crippen LogP contribution in [0.4, 0.5) is 5.82 Å². The Kier molecular flexibility index (Phi) is 4.45. The molecule has 0 aliphatic carbocycles. The Labute approximate surface area is 142 Å². The number of halogens is 1. The molecular weight excluding hydrogens is 334 g/mol. The van der Waals surface area contributed by atoms with E-state index in [4.69, 9.17) is 16.0 Å². The Bertz CT molecular complexity index is 812. The first kappa shape index (κ1) is 15.7. The average Bonchev–Trinajstić information content (AvgIpc) is 3.18. The lowest BCUT2D eigenvalue weighted by atomic mass is 10.2. The Morgan fingerprint density at radius 2 is 2.22 bits per heavy atom. The number of oxazole rings is 1. The van der Waals surface area contributed by atoms with Crippen molar-refractivity contribution < 1.29 is 9.21 Å². The second-order valence-electron chi connectivity index (χ2n) is 4.96. The number of likely N-dealkylation sites (N-methyl/N-ethyl adjacent to an activating group) is 1. The predicted molar refractivity (Wildman–Crippen MR) is 90.9 cm³/mol. The smallest absolute Gasteiger partial charge is 0.236 e. The summed E-state index contributed by atoms with van der Waals surface area (Å²) in [5.74, 6) is 1.62. The highest BCUT2D eigenvalue weighted by molar-refractivity contribution is 7.13. The van der Waals surface area contributed by atoms with Crippen molar-refractivity contribution in [1.82, 2.24) is 9.97 Å². The largest absolute Gasteiger partial charge is 0.440 e. The quantitative estimate of drug-likeness (QED) is 0.716. The summed E-state index contributed by atoms with van der Waals surface area (Å²) in [5.41, 5.74) is 0.638. The highest BCUT2D eigenvalue weighted by atomic mass is 35.5. The Morgan fingerprint density at radius 1 is 1.39 bits per heavy atom. The third-order valence-electron chi connectivity index (χ3n) is 3.37. The van der Waals surface area contributed by atoms with Crippen molar-refractivity contribution in [2.45, 2.75) is 13.3 Å². The Balaban J connectivity index is 1.76. The van der Waals surface area contributed by atoms with Gasteiger partial charge in [0, 0.05) is 13.2 Å². The fraction of sp³-hybridized carbons (Fsp3) is 0.188. The molecule has 0 N–H and O–H groups in total. The third kappa shape index (κ3) is 3.43. The summed E-state index contributed by atoms with van der Waals surface area (Å²) in [7, 11) is 1.67. The lowest BCUT2D eigenvalue weighted by Gasteiger charge is -2.15. The van der Waals surface area contributed by atoms with Crippen LogP contribution in [0.15, 0.2) is 40.3 Å². The maximum Gasteiger partial charge on any atom is 0.236 e. The van der Waals surface area contributed by atoms with Crippen LogP contribution in [0, 0.1) is 6.92 Å². The van der Waals surface area contributed by atoms with Crippen LogP contribution in [0.25, 0.3) is 10.8 Å².